The second-order valence-corrected chi connectivity index (χ2v) is 7.09. The van der Waals surface area contributed by atoms with Gasteiger partial charge in [0.2, 0.25) is 5.95 Å². The fraction of sp³-hybridized carbons (Fsp3) is 0.308. The van der Waals surface area contributed by atoms with Crippen molar-refractivity contribution in [2.75, 3.05) is 26.1 Å². The van der Waals surface area contributed by atoms with Crippen LogP contribution in [0.3, 0.4) is 0 Å². The number of amides is 2. The van der Waals surface area contributed by atoms with E-state index in [0.717, 1.165) is 11.3 Å². The Balaban J connectivity index is 2.18. The summed E-state index contributed by atoms with van der Waals surface area (Å²) >= 11 is 0.874. The Morgan fingerprint density at radius 2 is 1.78 bits per heavy atom. The highest BCUT2D eigenvalue weighted by molar-refractivity contribution is 7.90. The lowest BCUT2D eigenvalue weighted by molar-refractivity contribution is 0.0528. The minimum absolute atomic E-state index is 0.0766. The number of methoxy groups -OCH3 is 2. The van der Waals surface area contributed by atoms with Gasteiger partial charge in [-0.05, 0) is 18.4 Å². The zero-order valence-electron chi connectivity index (χ0n) is 14.4. The Labute approximate surface area is 158 Å². The van der Waals surface area contributed by atoms with Crippen molar-refractivity contribution in [1.82, 2.24) is 19.7 Å². The van der Waals surface area contributed by atoms with Gasteiger partial charge >= 0.3 is 24.0 Å². The maximum Gasteiger partial charge on any atom is 0.349 e. The van der Waals surface area contributed by atoms with Crippen LogP contribution in [0.15, 0.2) is 16.3 Å². The summed E-state index contributed by atoms with van der Waals surface area (Å²) in [5.74, 6) is -1.11. The average Bonchev–Trinajstić information content (AvgIpc) is 3.12. The fourth-order valence-corrected chi connectivity index (χ4v) is 3.95. The normalized spacial score (nSPS) is 10.8. The van der Waals surface area contributed by atoms with Gasteiger partial charge in [0.25, 0.3) is 10.0 Å². The quantitative estimate of drug-likeness (QED) is 0.612. The van der Waals surface area contributed by atoms with E-state index in [9.17, 15) is 18.0 Å². The monoisotopic (exact) mass is 417 g/mol. The van der Waals surface area contributed by atoms with E-state index in [0.29, 0.717) is 0 Å². The number of urea groups is 1. The van der Waals surface area contributed by atoms with Crippen molar-refractivity contribution in [2.45, 2.75) is 11.8 Å². The largest absolute Gasteiger partial charge is 0.467 e. The number of rotatable bonds is 7. The average molecular weight is 417 g/mol. The lowest BCUT2D eigenvalue weighted by Crippen LogP contribution is -2.35. The first-order chi connectivity index (χ1) is 12.8. The third kappa shape index (κ3) is 5.01. The van der Waals surface area contributed by atoms with E-state index in [4.69, 9.17) is 14.2 Å². The Bertz CT molecular complexity index is 922. The predicted octanol–water partition coefficient (Wildman–Crippen LogP) is 0.637. The van der Waals surface area contributed by atoms with E-state index >= 15 is 0 Å². The molecule has 2 aromatic heterocycles. The molecule has 2 heterocycles. The molecule has 0 aliphatic rings. The number of nitrogens with zero attached hydrogens (tertiary/aromatic N) is 3. The topological polar surface area (TPSA) is 159 Å². The molecule has 0 saturated carbocycles. The van der Waals surface area contributed by atoms with Crippen LogP contribution in [0.2, 0.25) is 0 Å². The number of hydrogen-bond acceptors (Lipinski definition) is 11. The lowest BCUT2D eigenvalue weighted by Gasteiger charge is -2.09. The molecule has 0 bridgehead atoms. The molecule has 0 saturated heterocycles. The van der Waals surface area contributed by atoms with E-state index in [1.54, 1.807) is 11.6 Å². The molecular weight excluding hydrogens is 402 g/mol. The first-order valence-corrected chi connectivity index (χ1v) is 9.59. The standard InChI is InChI=1S/C13H15N5O7S2/c1-4-25-9(19)8-7(5-6-26-8)27(21,22)18-11(20)14-10-15-12(23-2)17-13(16-10)24-3/h5-6H,4H2,1-3H3,(H2,14,15,16,17,18,20). The maximum atomic E-state index is 12.4. The maximum absolute atomic E-state index is 12.4. The van der Waals surface area contributed by atoms with Crippen molar-refractivity contribution in [1.29, 1.82) is 0 Å². The molecule has 0 aliphatic carbocycles. The van der Waals surface area contributed by atoms with Crippen molar-refractivity contribution >= 4 is 39.3 Å². The first kappa shape index (κ1) is 20.3. The van der Waals surface area contributed by atoms with Crippen molar-refractivity contribution in [2.24, 2.45) is 0 Å². The van der Waals surface area contributed by atoms with Crippen LogP contribution in [0.1, 0.15) is 16.6 Å². The van der Waals surface area contributed by atoms with Crippen LogP contribution in [0, 0.1) is 0 Å². The second kappa shape index (κ2) is 8.59. The molecule has 2 amide bonds. The smallest absolute Gasteiger partial charge is 0.349 e. The number of ether oxygens (including phenoxy) is 3. The lowest BCUT2D eigenvalue weighted by atomic mass is 10.5. The molecule has 2 aromatic rings. The number of hydrogen-bond donors (Lipinski definition) is 2. The highest BCUT2D eigenvalue weighted by atomic mass is 32.2. The Kier molecular flexibility index (Phi) is 6.46. The zero-order chi connectivity index (χ0) is 20.0. The van der Waals surface area contributed by atoms with Gasteiger partial charge in [0.1, 0.15) is 9.77 Å². The number of nitrogens with one attached hydrogen (secondary N) is 2. The van der Waals surface area contributed by atoms with Crippen LogP contribution in [0.25, 0.3) is 0 Å². The molecule has 12 nitrogen and oxygen atoms in total. The van der Waals surface area contributed by atoms with Crippen LogP contribution >= 0.6 is 11.3 Å². The minimum atomic E-state index is -4.35. The molecule has 0 aliphatic heterocycles. The molecule has 14 heteroatoms. The number of aromatic nitrogens is 3. The number of carbonyl (C=O) groups excluding carboxylic acids is 2. The van der Waals surface area contributed by atoms with Crippen molar-refractivity contribution in [3.05, 3.63) is 16.3 Å². The Morgan fingerprint density at radius 3 is 2.33 bits per heavy atom. The summed E-state index contributed by atoms with van der Waals surface area (Å²) in [4.78, 5) is 34.5. The fourth-order valence-electron chi connectivity index (χ4n) is 1.74. The van der Waals surface area contributed by atoms with E-state index in [2.05, 4.69) is 20.3 Å². The first-order valence-electron chi connectivity index (χ1n) is 7.23. The highest BCUT2D eigenvalue weighted by Gasteiger charge is 2.27. The summed E-state index contributed by atoms with van der Waals surface area (Å²) in [6.07, 6.45) is 0. The summed E-state index contributed by atoms with van der Waals surface area (Å²) in [6.45, 7) is 1.66. The summed E-state index contributed by atoms with van der Waals surface area (Å²) in [6, 6.07) is -0.280. The molecule has 2 N–H and O–H groups in total. The van der Waals surface area contributed by atoms with Crippen LogP contribution < -0.4 is 19.5 Å². The summed E-state index contributed by atoms with van der Waals surface area (Å²) in [7, 11) is -1.77. The van der Waals surface area contributed by atoms with Gasteiger partial charge < -0.3 is 14.2 Å². The Hall–Kier alpha value is -3.00. The van der Waals surface area contributed by atoms with Gasteiger partial charge in [0.15, 0.2) is 0 Å². The van der Waals surface area contributed by atoms with Gasteiger partial charge in [0.05, 0.1) is 20.8 Å². The Morgan fingerprint density at radius 1 is 1.15 bits per heavy atom. The zero-order valence-corrected chi connectivity index (χ0v) is 16.0. The van der Waals surface area contributed by atoms with E-state index < -0.39 is 22.0 Å². The molecular formula is C13H15N5O7S2. The molecule has 0 spiro atoms. The number of esters is 1. The van der Waals surface area contributed by atoms with E-state index in [1.807, 2.05) is 0 Å². The summed E-state index contributed by atoms with van der Waals surface area (Å²) in [5, 5.41) is 3.51. The molecule has 0 fully saturated rings. The highest BCUT2D eigenvalue weighted by Crippen LogP contribution is 2.23. The molecule has 2 rings (SSSR count). The van der Waals surface area contributed by atoms with Crippen LogP contribution in [-0.4, -0.2) is 56.2 Å². The molecule has 0 unspecified atom stereocenters. The van der Waals surface area contributed by atoms with Crippen LogP contribution in [0.5, 0.6) is 12.0 Å². The van der Waals surface area contributed by atoms with Crippen LogP contribution in [0.4, 0.5) is 10.7 Å². The van der Waals surface area contributed by atoms with Crippen molar-refractivity contribution in [3.63, 3.8) is 0 Å². The number of thiophene rings is 1. The number of sulfonamides is 1. The molecule has 0 radical (unpaired) electrons. The van der Waals surface area contributed by atoms with E-state index in [1.165, 1.54) is 25.7 Å². The van der Waals surface area contributed by atoms with Gasteiger partial charge in [-0.15, -0.1) is 16.3 Å². The molecule has 0 atom stereocenters. The van der Waals surface area contributed by atoms with Gasteiger partial charge in [0, 0.05) is 0 Å². The van der Waals surface area contributed by atoms with Gasteiger partial charge in [-0.2, -0.15) is 9.97 Å². The third-order valence-electron chi connectivity index (χ3n) is 2.79. The number of carbonyl (C=O) groups is 2. The van der Waals surface area contributed by atoms with Crippen molar-refractivity contribution in [3.8, 4) is 12.0 Å². The molecule has 27 heavy (non-hydrogen) atoms. The van der Waals surface area contributed by atoms with Gasteiger partial charge in [-0.1, -0.05) is 0 Å². The summed E-state index contributed by atoms with van der Waals surface area (Å²) in [5.41, 5.74) is 0. The second-order valence-electron chi connectivity index (χ2n) is 4.53. The van der Waals surface area contributed by atoms with Gasteiger partial charge in [-0.3, -0.25) is 5.32 Å². The van der Waals surface area contributed by atoms with Gasteiger partial charge in [-0.25, -0.2) is 22.7 Å². The third-order valence-corrected chi connectivity index (χ3v) is 5.19. The van der Waals surface area contributed by atoms with Crippen LogP contribution in [-0.2, 0) is 14.8 Å². The molecule has 0 aromatic carbocycles. The van der Waals surface area contributed by atoms with E-state index in [-0.39, 0.29) is 34.3 Å². The predicted molar refractivity (Wildman–Crippen MR) is 92.5 cm³/mol. The number of anilines is 1. The summed E-state index contributed by atoms with van der Waals surface area (Å²) < 4.78 is 41.0. The van der Waals surface area contributed by atoms with Crippen molar-refractivity contribution < 1.29 is 32.2 Å². The molecule has 146 valence electrons. The SMILES string of the molecule is CCOC(=O)c1sccc1S(=O)(=O)NC(=O)Nc1nc(OC)nc(OC)n1. The minimum Gasteiger partial charge on any atom is -0.467 e.